The second-order valence-electron chi connectivity index (χ2n) is 7.60. The zero-order chi connectivity index (χ0) is 18.6. The van der Waals surface area contributed by atoms with Gasteiger partial charge in [0, 0.05) is 26.1 Å². The molecule has 1 aliphatic heterocycles. The molecule has 1 saturated heterocycles. The van der Waals surface area contributed by atoms with Crippen molar-refractivity contribution in [3.05, 3.63) is 35.6 Å². The standard InChI is InChI=1S/C20H28FN3O2/c1-15(25)23-20(16-6-8-17(21)9-7-16)10-12-24(13-11-20)14-19(26)22-18-4-2-3-5-18/h6-9,18H,2-5,10-14H2,1H3,(H,22,26)(H,23,25). The Morgan fingerprint density at radius 2 is 1.77 bits per heavy atom. The monoisotopic (exact) mass is 361 g/mol. The Morgan fingerprint density at radius 3 is 2.35 bits per heavy atom. The van der Waals surface area contributed by atoms with Crippen LogP contribution in [0.25, 0.3) is 0 Å². The highest BCUT2D eigenvalue weighted by Gasteiger charge is 2.37. The lowest BCUT2D eigenvalue weighted by Gasteiger charge is -2.42. The van der Waals surface area contributed by atoms with Crippen LogP contribution in [0.2, 0.25) is 0 Å². The van der Waals surface area contributed by atoms with Crippen molar-refractivity contribution in [3.63, 3.8) is 0 Å². The number of likely N-dealkylation sites (tertiary alicyclic amines) is 1. The van der Waals surface area contributed by atoms with Gasteiger partial charge in [0.15, 0.2) is 0 Å². The van der Waals surface area contributed by atoms with Crippen molar-refractivity contribution in [3.8, 4) is 0 Å². The van der Waals surface area contributed by atoms with Crippen molar-refractivity contribution in [1.29, 1.82) is 0 Å². The van der Waals surface area contributed by atoms with Crippen LogP contribution in [0, 0.1) is 5.82 Å². The summed E-state index contributed by atoms with van der Waals surface area (Å²) in [6.07, 6.45) is 5.98. The van der Waals surface area contributed by atoms with E-state index < -0.39 is 5.54 Å². The average molecular weight is 361 g/mol. The van der Waals surface area contributed by atoms with Crippen LogP contribution < -0.4 is 10.6 Å². The maximum Gasteiger partial charge on any atom is 0.234 e. The number of benzene rings is 1. The van der Waals surface area contributed by atoms with E-state index in [0.29, 0.717) is 25.4 Å². The Kier molecular flexibility index (Phi) is 5.91. The molecular formula is C20H28FN3O2. The van der Waals surface area contributed by atoms with Crippen LogP contribution in [0.5, 0.6) is 0 Å². The summed E-state index contributed by atoms with van der Waals surface area (Å²) in [6.45, 7) is 3.34. The number of carbonyl (C=O) groups is 2. The molecule has 1 heterocycles. The second kappa shape index (κ2) is 8.16. The van der Waals surface area contributed by atoms with Crippen LogP contribution in [-0.4, -0.2) is 42.4 Å². The molecule has 6 heteroatoms. The van der Waals surface area contributed by atoms with Gasteiger partial charge in [-0.1, -0.05) is 25.0 Å². The molecule has 2 aliphatic rings. The van der Waals surface area contributed by atoms with Gasteiger partial charge in [0.1, 0.15) is 5.82 Å². The maximum atomic E-state index is 13.3. The first-order valence-corrected chi connectivity index (χ1v) is 9.53. The van der Waals surface area contributed by atoms with Gasteiger partial charge >= 0.3 is 0 Å². The molecule has 0 aromatic heterocycles. The predicted molar refractivity (Wildman–Crippen MR) is 98.0 cm³/mol. The van der Waals surface area contributed by atoms with Crippen molar-refractivity contribution in [2.75, 3.05) is 19.6 Å². The smallest absolute Gasteiger partial charge is 0.234 e. The van der Waals surface area contributed by atoms with Gasteiger partial charge < -0.3 is 10.6 Å². The molecule has 0 atom stereocenters. The van der Waals surface area contributed by atoms with Gasteiger partial charge in [-0.2, -0.15) is 0 Å². The number of nitrogens with zero attached hydrogens (tertiary/aromatic N) is 1. The highest BCUT2D eigenvalue weighted by molar-refractivity contribution is 5.78. The summed E-state index contributed by atoms with van der Waals surface area (Å²) >= 11 is 0. The number of halogens is 1. The summed E-state index contributed by atoms with van der Waals surface area (Å²) in [4.78, 5) is 26.1. The fourth-order valence-corrected chi connectivity index (χ4v) is 4.23. The Morgan fingerprint density at radius 1 is 1.15 bits per heavy atom. The summed E-state index contributed by atoms with van der Waals surface area (Å²) in [5, 5.41) is 6.20. The Labute approximate surface area is 154 Å². The fraction of sp³-hybridized carbons (Fsp3) is 0.600. The van der Waals surface area contributed by atoms with Crippen molar-refractivity contribution < 1.29 is 14.0 Å². The Balaban J connectivity index is 1.60. The van der Waals surface area contributed by atoms with E-state index in [9.17, 15) is 14.0 Å². The molecule has 1 saturated carbocycles. The molecule has 5 nitrogen and oxygen atoms in total. The zero-order valence-corrected chi connectivity index (χ0v) is 15.4. The summed E-state index contributed by atoms with van der Waals surface area (Å²) in [7, 11) is 0. The van der Waals surface area contributed by atoms with E-state index in [1.54, 1.807) is 12.1 Å². The molecule has 3 rings (SSSR count). The van der Waals surface area contributed by atoms with Crippen LogP contribution >= 0.6 is 0 Å². The molecule has 0 bridgehead atoms. The lowest BCUT2D eigenvalue weighted by atomic mass is 9.80. The number of nitrogens with one attached hydrogen (secondary N) is 2. The third-order valence-corrected chi connectivity index (χ3v) is 5.61. The van der Waals surface area contributed by atoms with Gasteiger partial charge in [0.25, 0.3) is 0 Å². The Hall–Kier alpha value is -1.95. The van der Waals surface area contributed by atoms with E-state index in [4.69, 9.17) is 0 Å². The van der Waals surface area contributed by atoms with Crippen LogP contribution in [0.1, 0.15) is 51.0 Å². The molecule has 2 N–H and O–H groups in total. The van der Waals surface area contributed by atoms with Crippen LogP contribution in [0.15, 0.2) is 24.3 Å². The van der Waals surface area contributed by atoms with E-state index in [0.717, 1.165) is 31.5 Å². The molecule has 2 fully saturated rings. The number of rotatable bonds is 5. The molecule has 1 aliphatic carbocycles. The lowest BCUT2D eigenvalue weighted by Crippen LogP contribution is -2.54. The molecule has 0 radical (unpaired) electrons. The summed E-state index contributed by atoms with van der Waals surface area (Å²) in [6, 6.07) is 6.69. The van der Waals surface area contributed by atoms with Gasteiger partial charge in [-0.3, -0.25) is 14.5 Å². The minimum absolute atomic E-state index is 0.0886. The second-order valence-corrected chi connectivity index (χ2v) is 7.60. The summed E-state index contributed by atoms with van der Waals surface area (Å²) in [5.41, 5.74) is 0.432. The maximum absolute atomic E-state index is 13.3. The summed E-state index contributed by atoms with van der Waals surface area (Å²) in [5.74, 6) is -0.291. The first-order chi connectivity index (χ1) is 12.5. The van der Waals surface area contributed by atoms with Gasteiger partial charge in [-0.25, -0.2) is 4.39 Å². The quantitative estimate of drug-likeness (QED) is 0.846. The third kappa shape index (κ3) is 4.61. The van der Waals surface area contributed by atoms with Crippen molar-refractivity contribution in [2.24, 2.45) is 0 Å². The van der Waals surface area contributed by atoms with Gasteiger partial charge in [-0.15, -0.1) is 0 Å². The normalized spacial score (nSPS) is 20.7. The SMILES string of the molecule is CC(=O)NC1(c2ccc(F)cc2)CCN(CC(=O)NC2CCCC2)CC1. The van der Waals surface area contributed by atoms with Gasteiger partial charge in [0.05, 0.1) is 12.1 Å². The van der Waals surface area contributed by atoms with Crippen LogP contribution in [-0.2, 0) is 15.1 Å². The molecular weight excluding hydrogens is 333 g/mol. The number of amides is 2. The fourth-order valence-electron chi connectivity index (χ4n) is 4.23. The minimum atomic E-state index is -0.488. The topological polar surface area (TPSA) is 61.4 Å². The van der Waals surface area contributed by atoms with E-state index in [1.807, 2.05) is 0 Å². The number of hydrogen-bond acceptors (Lipinski definition) is 3. The summed E-state index contributed by atoms with van der Waals surface area (Å²) < 4.78 is 13.3. The first-order valence-electron chi connectivity index (χ1n) is 9.53. The van der Waals surface area contributed by atoms with E-state index >= 15 is 0 Å². The van der Waals surface area contributed by atoms with E-state index in [-0.39, 0.29) is 17.6 Å². The van der Waals surface area contributed by atoms with Crippen molar-refractivity contribution in [1.82, 2.24) is 15.5 Å². The predicted octanol–water partition coefficient (Wildman–Crippen LogP) is 2.31. The molecule has 0 unspecified atom stereocenters. The highest BCUT2D eigenvalue weighted by Crippen LogP contribution is 2.33. The number of hydrogen-bond donors (Lipinski definition) is 2. The lowest BCUT2D eigenvalue weighted by molar-refractivity contribution is -0.125. The van der Waals surface area contributed by atoms with Crippen molar-refractivity contribution >= 4 is 11.8 Å². The van der Waals surface area contributed by atoms with Crippen LogP contribution in [0.3, 0.4) is 0 Å². The van der Waals surface area contributed by atoms with E-state index in [2.05, 4.69) is 15.5 Å². The Bertz CT molecular complexity index is 633. The zero-order valence-electron chi connectivity index (χ0n) is 15.4. The highest BCUT2D eigenvalue weighted by atomic mass is 19.1. The first kappa shape index (κ1) is 18.8. The average Bonchev–Trinajstić information content (AvgIpc) is 3.09. The third-order valence-electron chi connectivity index (χ3n) is 5.61. The molecule has 1 aromatic carbocycles. The van der Waals surface area contributed by atoms with E-state index in [1.165, 1.54) is 31.9 Å². The van der Waals surface area contributed by atoms with Gasteiger partial charge in [0.2, 0.25) is 11.8 Å². The van der Waals surface area contributed by atoms with Gasteiger partial charge in [-0.05, 0) is 43.4 Å². The molecule has 0 spiro atoms. The van der Waals surface area contributed by atoms with Crippen molar-refractivity contribution in [2.45, 2.75) is 57.0 Å². The molecule has 1 aromatic rings. The number of piperidine rings is 1. The molecule has 26 heavy (non-hydrogen) atoms. The molecule has 142 valence electrons. The number of carbonyl (C=O) groups excluding carboxylic acids is 2. The largest absolute Gasteiger partial charge is 0.352 e. The minimum Gasteiger partial charge on any atom is -0.352 e. The van der Waals surface area contributed by atoms with Crippen LogP contribution in [0.4, 0.5) is 4.39 Å². The molecule has 2 amide bonds.